The third-order valence-electron chi connectivity index (χ3n) is 3.31. The molecule has 0 atom stereocenters. The van der Waals surface area contributed by atoms with E-state index in [4.69, 9.17) is 11.6 Å². The predicted molar refractivity (Wildman–Crippen MR) is 101 cm³/mol. The molecule has 1 rings (SSSR count). The molecule has 0 spiro atoms. The smallest absolute Gasteiger partial charge is 0.208 e. The molecule has 6 nitrogen and oxygen atoms in total. The average Bonchev–Trinajstić information content (AvgIpc) is 2.45. The van der Waals surface area contributed by atoms with Crippen LogP contribution in [0.3, 0.4) is 0 Å². The van der Waals surface area contributed by atoms with Crippen LogP contribution in [-0.4, -0.2) is 47.3 Å². The fourth-order valence-electron chi connectivity index (χ4n) is 2.22. The number of rotatable bonds is 8. The second kappa shape index (κ2) is 9.25. The summed E-state index contributed by atoms with van der Waals surface area (Å²) in [4.78, 5) is 4.14. The van der Waals surface area contributed by atoms with Crippen molar-refractivity contribution in [2.24, 2.45) is 10.4 Å². The molecule has 1 aromatic carbocycles. The Labute approximate surface area is 150 Å². The van der Waals surface area contributed by atoms with Gasteiger partial charge in [-0.1, -0.05) is 37.6 Å². The van der Waals surface area contributed by atoms with Gasteiger partial charge in [0.15, 0.2) is 5.96 Å². The Bertz CT molecular complexity index is 660. The van der Waals surface area contributed by atoms with E-state index in [1.165, 1.54) is 5.56 Å². The number of nitrogens with zero attached hydrogens (tertiary/aromatic N) is 1. The van der Waals surface area contributed by atoms with Crippen LogP contribution in [0.1, 0.15) is 19.4 Å². The molecule has 0 unspecified atom stereocenters. The third kappa shape index (κ3) is 9.10. The molecule has 0 aliphatic rings. The topological polar surface area (TPSA) is 82.6 Å². The zero-order valence-corrected chi connectivity index (χ0v) is 16.3. The van der Waals surface area contributed by atoms with Gasteiger partial charge in [-0.05, 0) is 29.5 Å². The molecule has 136 valence electrons. The monoisotopic (exact) mass is 374 g/mol. The molecule has 1 aromatic rings. The molecule has 0 saturated carbocycles. The summed E-state index contributed by atoms with van der Waals surface area (Å²) in [5.41, 5.74) is 1.20. The van der Waals surface area contributed by atoms with Crippen molar-refractivity contribution in [1.82, 2.24) is 15.4 Å². The summed E-state index contributed by atoms with van der Waals surface area (Å²) in [6.45, 7) is 5.82. The van der Waals surface area contributed by atoms with Gasteiger partial charge >= 0.3 is 0 Å². The lowest BCUT2D eigenvalue weighted by atomic mass is 9.86. The van der Waals surface area contributed by atoms with Crippen molar-refractivity contribution in [3.8, 4) is 0 Å². The highest BCUT2D eigenvalue weighted by molar-refractivity contribution is 7.88. The molecule has 0 heterocycles. The lowest BCUT2D eigenvalue weighted by Crippen LogP contribution is -2.44. The van der Waals surface area contributed by atoms with E-state index in [2.05, 4.69) is 40.3 Å². The van der Waals surface area contributed by atoms with Crippen LogP contribution in [0.2, 0.25) is 5.02 Å². The van der Waals surface area contributed by atoms with Gasteiger partial charge in [-0.3, -0.25) is 4.99 Å². The standard InChI is InChI=1S/C16H27ClN4O2S/c1-16(2,11-13-6-5-7-14(17)10-13)12-20-15(18-3)19-8-9-21-24(4,22)23/h5-7,10,21H,8-9,11-12H2,1-4H3,(H2,18,19,20). The normalized spacial score (nSPS) is 13.0. The van der Waals surface area contributed by atoms with Gasteiger partial charge in [0.25, 0.3) is 0 Å². The third-order valence-corrected chi connectivity index (χ3v) is 4.27. The number of sulfonamides is 1. The van der Waals surface area contributed by atoms with Crippen LogP contribution >= 0.6 is 11.6 Å². The van der Waals surface area contributed by atoms with Crippen molar-refractivity contribution in [2.75, 3.05) is 32.9 Å². The van der Waals surface area contributed by atoms with E-state index in [-0.39, 0.29) is 5.41 Å². The highest BCUT2D eigenvalue weighted by atomic mass is 35.5. The first-order chi connectivity index (χ1) is 11.1. The fourth-order valence-corrected chi connectivity index (χ4v) is 2.91. The van der Waals surface area contributed by atoms with Crippen LogP contribution in [0.25, 0.3) is 0 Å². The van der Waals surface area contributed by atoms with Crippen molar-refractivity contribution in [3.05, 3.63) is 34.9 Å². The maximum absolute atomic E-state index is 11.0. The number of guanidine groups is 1. The first-order valence-electron chi connectivity index (χ1n) is 7.75. The molecule has 0 amide bonds. The van der Waals surface area contributed by atoms with Crippen LogP contribution in [0.5, 0.6) is 0 Å². The van der Waals surface area contributed by atoms with Gasteiger partial charge in [-0.25, -0.2) is 13.1 Å². The zero-order chi connectivity index (χ0) is 18.2. The molecule has 0 bridgehead atoms. The summed E-state index contributed by atoms with van der Waals surface area (Å²) in [6, 6.07) is 7.87. The first kappa shape index (κ1) is 20.7. The van der Waals surface area contributed by atoms with Gasteiger partial charge in [0.1, 0.15) is 0 Å². The molecule has 24 heavy (non-hydrogen) atoms. The highest BCUT2D eigenvalue weighted by Crippen LogP contribution is 2.22. The minimum absolute atomic E-state index is 0.00725. The number of hydrogen-bond donors (Lipinski definition) is 3. The van der Waals surface area contributed by atoms with E-state index in [1.54, 1.807) is 7.05 Å². The Balaban J connectivity index is 2.43. The van der Waals surface area contributed by atoms with Gasteiger partial charge < -0.3 is 10.6 Å². The molecule has 0 radical (unpaired) electrons. The Morgan fingerprint density at radius 1 is 1.25 bits per heavy atom. The number of halogens is 1. The molecule has 0 fully saturated rings. The van der Waals surface area contributed by atoms with Gasteiger partial charge in [0.2, 0.25) is 10.0 Å². The van der Waals surface area contributed by atoms with Crippen molar-refractivity contribution in [1.29, 1.82) is 0 Å². The largest absolute Gasteiger partial charge is 0.356 e. The number of nitrogens with one attached hydrogen (secondary N) is 3. The second-order valence-electron chi connectivity index (χ2n) is 6.49. The van der Waals surface area contributed by atoms with E-state index in [9.17, 15) is 8.42 Å². The molecule has 0 saturated heterocycles. The van der Waals surface area contributed by atoms with Crippen LogP contribution < -0.4 is 15.4 Å². The van der Waals surface area contributed by atoms with Gasteiger partial charge in [-0.15, -0.1) is 0 Å². The van der Waals surface area contributed by atoms with Crippen LogP contribution in [-0.2, 0) is 16.4 Å². The van der Waals surface area contributed by atoms with E-state index >= 15 is 0 Å². The van der Waals surface area contributed by atoms with E-state index in [1.807, 2.05) is 18.2 Å². The summed E-state index contributed by atoms with van der Waals surface area (Å²) in [5.74, 6) is 0.643. The molecular formula is C16H27ClN4O2S. The Morgan fingerprint density at radius 2 is 1.96 bits per heavy atom. The van der Waals surface area contributed by atoms with Crippen LogP contribution in [0.4, 0.5) is 0 Å². The summed E-state index contributed by atoms with van der Waals surface area (Å²) >= 11 is 6.03. The quantitative estimate of drug-likeness (QED) is 0.367. The molecule has 3 N–H and O–H groups in total. The number of aliphatic imine (C=N–C) groups is 1. The number of benzene rings is 1. The summed E-state index contributed by atoms with van der Waals surface area (Å²) in [7, 11) is -1.48. The lowest BCUT2D eigenvalue weighted by Gasteiger charge is -2.26. The summed E-state index contributed by atoms with van der Waals surface area (Å²) in [6.07, 6.45) is 2.02. The van der Waals surface area contributed by atoms with Crippen molar-refractivity contribution in [2.45, 2.75) is 20.3 Å². The maximum Gasteiger partial charge on any atom is 0.208 e. The van der Waals surface area contributed by atoms with E-state index in [0.717, 1.165) is 24.2 Å². The SMILES string of the molecule is CN=C(NCCNS(C)(=O)=O)NCC(C)(C)Cc1cccc(Cl)c1. The Hall–Kier alpha value is -1.31. The predicted octanol–water partition coefficient (Wildman–Crippen LogP) is 1.62. The zero-order valence-electron chi connectivity index (χ0n) is 14.7. The molecule has 0 aliphatic heterocycles. The van der Waals surface area contributed by atoms with Crippen molar-refractivity contribution < 1.29 is 8.42 Å². The van der Waals surface area contributed by atoms with E-state index < -0.39 is 10.0 Å². The average molecular weight is 375 g/mol. The summed E-state index contributed by atoms with van der Waals surface area (Å²) < 4.78 is 24.4. The number of hydrogen-bond acceptors (Lipinski definition) is 3. The van der Waals surface area contributed by atoms with Gasteiger partial charge in [0.05, 0.1) is 6.26 Å². The lowest BCUT2D eigenvalue weighted by molar-refractivity contribution is 0.359. The Kier molecular flexibility index (Phi) is 7.99. The van der Waals surface area contributed by atoms with Gasteiger partial charge in [0, 0.05) is 31.7 Å². The Morgan fingerprint density at radius 3 is 2.54 bits per heavy atom. The second-order valence-corrected chi connectivity index (χ2v) is 8.76. The molecule has 0 aromatic heterocycles. The fraction of sp³-hybridized carbons (Fsp3) is 0.562. The van der Waals surface area contributed by atoms with Crippen LogP contribution in [0, 0.1) is 5.41 Å². The van der Waals surface area contributed by atoms with Crippen molar-refractivity contribution >= 4 is 27.6 Å². The first-order valence-corrected chi connectivity index (χ1v) is 10.0. The van der Waals surface area contributed by atoms with E-state index in [0.29, 0.717) is 19.0 Å². The minimum atomic E-state index is -3.16. The maximum atomic E-state index is 11.0. The molecule has 0 aliphatic carbocycles. The minimum Gasteiger partial charge on any atom is -0.356 e. The highest BCUT2D eigenvalue weighted by Gasteiger charge is 2.19. The molecular weight excluding hydrogens is 348 g/mol. The summed E-state index contributed by atoms with van der Waals surface area (Å²) in [5, 5.41) is 7.09. The van der Waals surface area contributed by atoms with Crippen molar-refractivity contribution in [3.63, 3.8) is 0 Å². The van der Waals surface area contributed by atoms with Crippen LogP contribution in [0.15, 0.2) is 29.3 Å². The van der Waals surface area contributed by atoms with Gasteiger partial charge in [-0.2, -0.15) is 0 Å². The molecule has 8 heteroatoms.